The highest BCUT2D eigenvalue weighted by atomic mass is 19.3. The molecule has 0 saturated carbocycles. The lowest BCUT2D eigenvalue weighted by molar-refractivity contribution is 0.0697. The lowest BCUT2D eigenvalue weighted by Gasteiger charge is -1.98. The SMILES string of the molecule is O=C(NO)c1ccn(CC(F)F)n1. The molecule has 5 nitrogen and oxygen atoms in total. The van der Waals surface area contributed by atoms with Crippen LogP contribution in [0, 0.1) is 0 Å². The molecule has 0 bridgehead atoms. The molecule has 0 aliphatic heterocycles. The van der Waals surface area contributed by atoms with Crippen LogP contribution in [0.4, 0.5) is 8.78 Å². The van der Waals surface area contributed by atoms with Gasteiger partial charge >= 0.3 is 0 Å². The number of carbonyl (C=O) groups excluding carboxylic acids is 1. The van der Waals surface area contributed by atoms with Crippen molar-refractivity contribution in [2.45, 2.75) is 13.0 Å². The van der Waals surface area contributed by atoms with Crippen LogP contribution in [-0.4, -0.2) is 27.3 Å². The van der Waals surface area contributed by atoms with Crippen molar-refractivity contribution in [2.24, 2.45) is 0 Å². The molecule has 1 aromatic heterocycles. The summed E-state index contributed by atoms with van der Waals surface area (Å²) in [4.78, 5) is 10.7. The molecule has 1 heterocycles. The van der Waals surface area contributed by atoms with Gasteiger partial charge in [-0.3, -0.25) is 14.7 Å². The number of hydroxylamine groups is 1. The number of aromatic nitrogens is 2. The van der Waals surface area contributed by atoms with E-state index in [1.165, 1.54) is 17.7 Å². The molecule has 0 spiro atoms. The molecule has 72 valence electrons. The van der Waals surface area contributed by atoms with Gasteiger partial charge in [-0.1, -0.05) is 0 Å². The second kappa shape index (κ2) is 3.94. The summed E-state index contributed by atoms with van der Waals surface area (Å²) in [5.74, 6) is -0.826. The molecule has 1 rings (SSSR count). The van der Waals surface area contributed by atoms with Crippen LogP contribution in [0.25, 0.3) is 0 Å². The third-order valence-electron chi connectivity index (χ3n) is 1.30. The zero-order chi connectivity index (χ0) is 9.84. The Hall–Kier alpha value is -1.50. The highest BCUT2D eigenvalue weighted by Gasteiger charge is 2.10. The maximum atomic E-state index is 11.8. The van der Waals surface area contributed by atoms with Gasteiger partial charge < -0.3 is 0 Å². The van der Waals surface area contributed by atoms with Crippen molar-refractivity contribution in [1.82, 2.24) is 15.3 Å². The van der Waals surface area contributed by atoms with Crippen LogP contribution in [0.3, 0.4) is 0 Å². The molecule has 0 aliphatic carbocycles. The Bertz CT molecular complexity index is 300. The smallest absolute Gasteiger partial charge is 0.288 e. The maximum absolute atomic E-state index is 11.8. The summed E-state index contributed by atoms with van der Waals surface area (Å²) in [7, 11) is 0. The average Bonchev–Trinajstić information content (AvgIpc) is 2.50. The van der Waals surface area contributed by atoms with E-state index in [1.807, 2.05) is 0 Å². The largest absolute Gasteiger partial charge is 0.295 e. The van der Waals surface area contributed by atoms with Crippen LogP contribution in [0.15, 0.2) is 12.3 Å². The van der Waals surface area contributed by atoms with Crippen LogP contribution >= 0.6 is 0 Å². The number of carbonyl (C=O) groups is 1. The molecule has 0 fully saturated rings. The molecular formula is C6H7F2N3O2. The van der Waals surface area contributed by atoms with Crippen molar-refractivity contribution in [3.05, 3.63) is 18.0 Å². The van der Waals surface area contributed by atoms with Gasteiger partial charge in [-0.05, 0) is 6.07 Å². The Morgan fingerprint density at radius 3 is 3.00 bits per heavy atom. The van der Waals surface area contributed by atoms with E-state index in [4.69, 9.17) is 5.21 Å². The third kappa shape index (κ3) is 2.48. The predicted octanol–water partition coefficient (Wildman–Crippen LogP) is 0.267. The number of hydrogen-bond acceptors (Lipinski definition) is 3. The van der Waals surface area contributed by atoms with E-state index in [0.29, 0.717) is 0 Å². The lowest BCUT2D eigenvalue weighted by atomic mass is 10.4. The fourth-order valence-electron chi connectivity index (χ4n) is 0.783. The molecular weight excluding hydrogens is 184 g/mol. The average molecular weight is 191 g/mol. The van der Waals surface area contributed by atoms with E-state index < -0.39 is 18.9 Å². The molecule has 0 saturated heterocycles. The van der Waals surface area contributed by atoms with Crippen LogP contribution < -0.4 is 5.48 Å². The fraction of sp³-hybridized carbons (Fsp3) is 0.333. The van der Waals surface area contributed by atoms with Crippen LogP contribution in [0.1, 0.15) is 10.5 Å². The van der Waals surface area contributed by atoms with E-state index >= 15 is 0 Å². The first-order valence-electron chi connectivity index (χ1n) is 3.39. The van der Waals surface area contributed by atoms with E-state index in [9.17, 15) is 13.6 Å². The Balaban J connectivity index is 2.69. The summed E-state index contributed by atoms with van der Waals surface area (Å²) in [6.07, 6.45) is -1.29. The molecule has 0 aromatic carbocycles. The Kier molecular flexibility index (Phi) is 2.91. The van der Waals surface area contributed by atoms with Crippen LogP contribution in [-0.2, 0) is 6.54 Å². The number of rotatable bonds is 3. The van der Waals surface area contributed by atoms with Gasteiger partial charge in [0.1, 0.15) is 6.54 Å². The van der Waals surface area contributed by atoms with Gasteiger partial charge in [0, 0.05) is 6.20 Å². The molecule has 1 aromatic rings. The second-order valence-corrected chi connectivity index (χ2v) is 2.26. The van der Waals surface area contributed by atoms with E-state index in [0.717, 1.165) is 4.68 Å². The highest BCUT2D eigenvalue weighted by Crippen LogP contribution is 2.00. The first-order chi connectivity index (χ1) is 6.13. The highest BCUT2D eigenvalue weighted by molar-refractivity contribution is 5.91. The normalized spacial score (nSPS) is 10.5. The van der Waals surface area contributed by atoms with Gasteiger partial charge in [-0.2, -0.15) is 5.10 Å². The van der Waals surface area contributed by atoms with E-state index in [1.54, 1.807) is 0 Å². The number of nitrogens with zero attached hydrogens (tertiary/aromatic N) is 2. The number of nitrogens with one attached hydrogen (secondary N) is 1. The van der Waals surface area contributed by atoms with Crippen molar-refractivity contribution in [1.29, 1.82) is 0 Å². The van der Waals surface area contributed by atoms with Gasteiger partial charge in [0.15, 0.2) is 5.69 Å². The zero-order valence-electron chi connectivity index (χ0n) is 6.44. The lowest BCUT2D eigenvalue weighted by Crippen LogP contribution is -2.19. The number of amides is 1. The first kappa shape index (κ1) is 9.59. The predicted molar refractivity (Wildman–Crippen MR) is 37.5 cm³/mol. The van der Waals surface area contributed by atoms with E-state index in [2.05, 4.69) is 5.10 Å². The summed E-state index contributed by atoms with van der Waals surface area (Å²) in [5, 5.41) is 11.7. The minimum atomic E-state index is -2.52. The Labute approximate surface area is 71.9 Å². The summed E-state index contributed by atoms with van der Waals surface area (Å²) < 4.78 is 24.5. The minimum Gasteiger partial charge on any atom is -0.288 e. The summed E-state index contributed by atoms with van der Waals surface area (Å²) in [6.45, 7) is -0.571. The molecule has 0 unspecified atom stereocenters. The number of hydrogen-bond donors (Lipinski definition) is 2. The Morgan fingerprint density at radius 2 is 2.46 bits per heavy atom. The Morgan fingerprint density at radius 1 is 1.77 bits per heavy atom. The summed E-state index contributed by atoms with van der Waals surface area (Å²) in [5.41, 5.74) is 1.24. The minimum absolute atomic E-state index is 0.108. The van der Waals surface area contributed by atoms with Gasteiger partial charge in [-0.25, -0.2) is 14.3 Å². The van der Waals surface area contributed by atoms with Crippen LogP contribution in [0.5, 0.6) is 0 Å². The fourth-order valence-corrected chi connectivity index (χ4v) is 0.783. The van der Waals surface area contributed by atoms with Crippen LogP contribution in [0.2, 0.25) is 0 Å². The molecule has 0 radical (unpaired) electrons. The second-order valence-electron chi connectivity index (χ2n) is 2.26. The van der Waals surface area contributed by atoms with Gasteiger partial charge in [0.25, 0.3) is 12.3 Å². The van der Waals surface area contributed by atoms with Crippen molar-refractivity contribution in [3.63, 3.8) is 0 Å². The van der Waals surface area contributed by atoms with Crippen molar-refractivity contribution >= 4 is 5.91 Å². The molecule has 0 atom stereocenters. The number of halogens is 2. The quantitative estimate of drug-likeness (QED) is 0.532. The molecule has 2 N–H and O–H groups in total. The zero-order valence-corrected chi connectivity index (χ0v) is 6.44. The monoisotopic (exact) mass is 191 g/mol. The van der Waals surface area contributed by atoms with Gasteiger partial charge in [-0.15, -0.1) is 0 Å². The molecule has 1 amide bonds. The van der Waals surface area contributed by atoms with Crippen molar-refractivity contribution in [3.8, 4) is 0 Å². The summed E-state index contributed by atoms with van der Waals surface area (Å²) in [6, 6.07) is 1.23. The van der Waals surface area contributed by atoms with Gasteiger partial charge in [0.2, 0.25) is 0 Å². The van der Waals surface area contributed by atoms with Crippen molar-refractivity contribution in [2.75, 3.05) is 0 Å². The molecule has 13 heavy (non-hydrogen) atoms. The topological polar surface area (TPSA) is 67.2 Å². The molecule has 7 heteroatoms. The number of alkyl halides is 2. The van der Waals surface area contributed by atoms with Gasteiger partial charge in [0.05, 0.1) is 0 Å². The standard InChI is InChI=1S/C6H7F2N3O2/c7-5(8)3-11-2-1-4(9-11)6(12)10-13/h1-2,5,13H,3H2,(H,10,12). The maximum Gasteiger partial charge on any atom is 0.295 e. The van der Waals surface area contributed by atoms with E-state index in [-0.39, 0.29) is 5.69 Å². The first-order valence-corrected chi connectivity index (χ1v) is 3.39. The van der Waals surface area contributed by atoms with Crippen molar-refractivity contribution < 1.29 is 18.8 Å². The third-order valence-corrected chi connectivity index (χ3v) is 1.30. The summed E-state index contributed by atoms with van der Waals surface area (Å²) >= 11 is 0. The molecule has 0 aliphatic rings.